The molecule has 0 saturated heterocycles. The summed E-state index contributed by atoms with van der Waals surface area (Å²) in [5.74, 6) is -0.807. The summed E-state index contributed by atoms with van der Waals surface area (Å²) in [7, 11) is -4.18. The normalized spacial score (nSPS) is 13.9. The minimum atomic E-state index is -4.18. The van der Waals surface area contributed by atoms with Crippen LogP contribution in [0.25, 0.3) is 0 Å². The average Bonchev–Trinajstić information content (AvgIpc) is 2.34. The third-order valence-corrected chi connectivity index (χ3v) is 3.99. The van der Waals surface area contributed by atoms with Gasteiger partial charge < -0.3 is 4.52 Å². The number of phosphoric ester groups is 1. The van der Waals surface area contributed by atoms with Gasteiger partial charge in [-0.05, 0) is 6.42 Å². The Bertz CT molecular complexity index is 293. The monoisotopic (exact) mass is 308 g/mol. The maximum absolute atomic E-state index is 11.2. The third kappa shape index (κ3) is 14.0. The van der Waals surface area contributed by atoms with Gasteiger partial charge in [0.05, 0.1) is 6.61 Å². The zero-order valence-electron chi connectivity index (χ0n) is 12.8. The molecular formula is C14H29O5P. The number of hydrogen-bond donors (Lipinski definition) is 1. The van der Waals surface area contributed by atoms with Crippen molar-refractivity contribution in [3.63, 3.8) is 0 Å². The summed E-state index contributed by atoms with van der Waals surface area (Å²) >= 11 is 0. The van der Waals surface area contributed by atoms with Gasteiger partial charge >= 0.3 is 13.8 Å². The predicted octanol–water partition coefficient (Wildman–Crippen LogP) is 4.59. The van der Waals surface area contributed by atoms with Crippen molar-refractivity contribution >= 4 is 13.8 Å². The highest BCUT2D eigenvalue weighted by atomic mass is 31.2. The van der Waals surface area contributed by atoms with Crippen molar-refractivity contribution in [2.75, 3.05) is 6.61 Å². The van der Waals surface area contributed by atoms with Crippen LogP contribution in [0.3, 0.4) is 0 Å². The first-order valence-electron chi connectivity index (χ1n) is 7.65. The number of carbonyl (C=O) groups excluding carboxylic acids is 1. The van der Waals surface area contributed by atoms with Gasteiger partial charge in [0.1, 0.15) is 0 Å². The lowest BCUT2D eigenvalue weighted by molar-refractivity contribution is -0.133. The summed E-state index contributed by atoms with van der Waals surface area (Å²) in [6.45, 7) is 3.44. The molecule has 0 fully saturated rings. The lowest BCUT2D eigenvalue weighted by atomic mass is 10.1. The van der Waals surface area contributed by atoms with Gasteiger partial charge in [0.25, 0.3) is 0 Å². The minimum absolute atomic E-state index is 0.150. The summed E-state index contributed by atoms with van der Waals surface area (Å²) in [5.41, 5.74) is 0. The lowest BCUT2D eigenvalue weighted by Crippen LogP contribution is -2.01. The van der Waals surface area contributed by atoms with E-state index in [1.807, 2.05) is 0 Å². The Labute approximate surface area is 122 Å². The van der Waals surface area contributed by atoms with Gasteiger partial charge in [-0.15, -0.1) is 0 Å². The number of hydrogen-bond acceptors (Lipinski definition) is 4. The van der Waals surface area contributed by atoms with Crippen molar-refractivity contribution in [3.05, 3.63) is 0 Å². The molecule has 0 spiro atoms. The summed E-state index contributed by atoms with van der Waals surface area (Å²) in [6.07, 6.45) is 11.8. The zero-order chi connectivity index (χ0) is 15.3. The molecule has 120 valence electrons. The molecule has 0 saturated carbocycles. The molecule has 0 heterocycles. The molecule has 0 amide bonds. The first-order chi connectivity index (χ1) is 9.48. The Morgan fingerprint density at radius 3 is 1.85 bits per heavy atom. The van der Waals surface area contributed by atoms with Crippen molar-refractivity contribution < 1.29 is 23.3 Å². The molecule has 1 N–H and O–H groups in total. The molecular weight excluding hydrogens is 279 g/mol. The van der Waals surface area contributed by atoms with Crippen LogP contribution in [0.5, 0.6) is 0 Å². The third-order valence-electron chi connectivity index (χ3n) is 3.00. The largest absolute Gasteiger partial charge is 0.529 e. The van der Waals surface area contributed by atoms with Crippen LogP contribution < -0.4 is 0 Å². The van der Waals surface area contributed by atoms with Crippen LogP contribution in [0, 0.1) is 0 Å². The second kappa shape index (κ2) is 12.4. The van der Waals surface area contributed by atoms with E-state index in [4.69, 9.17) is 4.89 Å². The van der Waals surface area contributed by atoms with E-state index in [0.29, 0.717) is 6.42 Å². The zero-order valence-corrected chi connectivity index (χ0v) is 13.7. The predicted molar refractivity (Wildman–Crippen MR) is 79.4 cm³/mol. The van der Waals surface area contributed by atoms with Crippen molar-refractivity contribution in [2.45, 2.75) is 78.1 Å². The highest BCUT2D eigenvalue weighted by molar-refractivity contribution is 7.48. The van der Waals surface area contributed by atoms with Crippen molar-refractivity contribution in [1.29, 1.82) is 0 Å². The summed E-state index contributed by atoms with van der Waals surface area (Å²) in [6, 6.07) is 0. The van der Waals surface area contributed by atoms with Gasteiger partial charge in [-0.3, -0.25) is 14.2 Å². The van der Waals surface area contributed by atoms with Gasteiger partial charge in [-0.25, -0.2) is 4.57 Å². The maximum atomic E-state index is 11.2. The maximum Gasteiger partial charge on any atom is 0.529 e. The quantitative estimate of drug-likeness (QED) is 0.398. The minimum Gasteiger partial charge on any atom is -0.371 e. The average molecular weight is 308 g/mol. The molecule has 0 rings (SSSR count). The Morgan fingerprint density at radius 1 is 0.950 bits per heavy atom. The molecule has 20 heavy (non-hydrogen) atoms. The van der Waals surface area contributed by atoms with Crippen LogP contribution in [-0.2, 0) is 18.4 Å². The SMILES string of the molecule is CCCCCCCCCCCCOP(=O)(O)OC(C)=O. The van der Waals surface area contributed by atoms with Crippen LogP contribution in [0.4, 0.5) is 0 Å². The Hall–Kier alpha value is -0.380. The van der Waals surface area contributed by atoms with E-state index in [1.165, 1.54) is 44.9 Å². The van der Waals surface area contributed by atoms with E-state index >= 15 is 0 Å². The van der Waals surface area contributed by atoms with Gasteiger partial charge in [0.2, 0.25) is 0 Å². The van der Waals surface area contributed by atoms with E-state index in [9.17, 15) is 9.36 Å². The molecule has 5 nitrogen and oxygen atoms in total. The number of carbonyl (C=O) groups is 1. The summed E-state index contributed by atoms with van der Waals surface area (Å²) in [4.78, 5) is 19.6. The Morgan fingerprint density at radius 2 is 1.40 bits per heavy atom. The molecule has 0 bridgehead atoms. The van der Waals surface area contributed by atoms with E-state index in [-0.39, 0.29) is 6.61 Å². The van der Waals surface area contributed by atoms with E-state index in [0.717, 1.165) is 19.8 Å². The molecule has 1 atom stereocenters. The molecule has 0 aliphatic carbocycles. The number of unbranched alkanes of at least 4 members (excludes halogenated alkanes) is 9. The number of rotatable bonds is 13. The smallest absolute Gasteiger partial charge is 0.371 e. The van der Waals surface area contributed by atoms with E-state index in [2.05, 4.69) is 16.0 Å². The van der Waals surface area contributed by atoms with Crippen LogP contribution in [0.15, 0.2) is 0 Å². The van der Waals surface area contributed by atoms with Gasteiger partial charge in [0, 0.05) is 6.92 Å². The van der Waals surface area contributed by atoms with E-state index in [1.54, 1.807) is 0 Å². The summed E-state index contributed by atoms with van der Waals surface area (Å²) < 4.78 is 20.0. The fourth-order valence-electron chi connectivity index (χ4n) is 1.96. The second-order valence-corrected chi connectivity index (χ2v) is 6.44. The highest BCUT2D eigenvalue weighted by Crippen LogP contribution is 2.43. The van der Waals surface area contributed by atoms with Crippen molar-refractivity contribution in [3.8, 4) is 0 Å². The van der Waals surface area contributed by atoms with Crippen LogP contribution in [0.2, 0.25) is 0 Å². The fourth-order valence-corrected chi connectivity index (χ4v) is 2.70. The molecule has 0 aromatic rings. The van der Waals surface area contributed by atoms with Crippen LogP contribution in [0.1, 0.15) is 78.1 Å². The topological polar surface area (TPSA) is 72.8 Å². The highest BCUT2D eigenvalue weighted by Gasteiger charge is 2.23. The van der Waals surface area contributed by atoms with Crippen LogP contribution >= 0.6 is 7.82 Å². The molecule has 6 heteroatoms. The fraction of sp³-hybridized carbons (Fsp3) is 0.929. The molecule has 0 radical (unpaired) electrons. The molecule has 1 unspecified atom stereocenters. The first-order valence-corrected chi connectivity index (χ1v) is 9.15. The van der Waals surface area contributed by atoms with Crippen molar-refractivity contribution in [1.82, 2.24) is 0 Å². The number of phosphoric acid groups is 1. The molecule has 0 aliphatic rings. The van der Waals surface area contributed by atoms with Crippen molar-refractivity contribution in [2.24, 2.45) is 0 Å². The van der Waals surface area contributed by atoms with Gasteiger partial charge in [0.15, 0.2) is 0 Å². The molecule has 0 aliphatic heterocycles. The van der Waals surface area contributed by atoms with Crippen LogP contribution in [-0.4, -0.2) is 17.5 Å². The van der Waals surface area contributed by atoms with Gasteiger partial charge in [-0.1, -0.05) is 64.7 Å². The lowest BCUT2D eigenvalue weighted by Gasteiger charge is -2.10. The molecule has 0 aromatic heterocycles. The first kappa shape index (κ1) is 19.6. The van der Waals surface area contributed by atoms with Gasteiger partial charge in [-0.2, -0.15) is 0 Å². The standard InChI is InChI=1S/C14H29O5P/c1-3-4-5-6-7-8-9-10-11-12-13-18-20(16,17)19-14(2)15/h3-13H2,1-2H3,(H,16,17). The Balaban J connectivity index is 3.28. The second-order valence-electron chi connectivity index (χ2n) is 5.07. The van der Waals surface area contributed by atoms with E-state index < -0.39 is 13.8 Å². The Kier molecular flexibility index (Phi) is 12.1. The molecule has 0 aromatic carbocycles. The summed E-state index contributed by atoms with van der Waals surface area (Å²) in [5, 5.41) is 0.